The quantitative estimate of drug-likeness (QED) is 0.678. The fraction of sp³-hybridized carbons (Fsp3) is 0.636. The number of carbonyl (C=O) groups is 1. The average Bonchev–Trinajstić information content (AvgIpc) is 2.43. The van der Waals surface area contributed by atoms with Crippen LogP contribution in [0.2, 0.25) is 0 Å². The molecule has 0 N–H and O–H groups in total. The van der Waals surface area contributed by atoms with Gasteiger partial charge < -0.3 is 0 Å². The highest BCUT2D eigenvalue weighted by Crippen LogP contribution is 2.21. The molecule has 14 heavy (non-hydrogen) atoms. The molecule has 0 atom stereocenters. The van der Waals surface area contributed by atoms with E-state index < -0.39 is 0 Å². The molecule has 0 spiro atoms. The number of rotatable bonds is 2. The highest BCUT2D eigenvalue weighted by molar-refractivity contribution is 5.98. The van der Waals surface area contributed by atoms with Crippen LogP contribution in [0.5, 0.6) is 0 Å². The Labute approximate surface area is 85.1 Å². The van der Waals surface area contributed by atoms with Crippen LogP contribution in [0.15, 0.2) is 6.07 Å². The molecule has 1 rings (SSSR count). The fourth-order valence-corrected chi connectivity index (χ4v) is 1.35. The molecule has 0 unspecified atom stereocenters. The van der Waals surface area contributed by atoms with Crippen molar-refractivity contribution in [1.29, 1.82) is 0 Å². The first-order valence-corrected chi connectivity index (χ1v) is 4.95. The summed E-state index contributed by atoms with van der Waals surface area (Å²) in [7, 11) is 0. The standard InChI is InChI=1S/C11H18N2O/c1-6-13-9(7-8(2)12-13)10(14)11(3,4)5/h7H,6H2,1-5H3. The third-order valence-electron chi connectivity index (χ3n) is 2.12. The molecule has 0 radical (unpaired) electrons. The number of hydrogen-bond donors (Lipinski definition) is 0. The SMILES string of the molecule is CCn1nc(C)cc1C(=O)C(C)(C)C. The fourth-order valence-electron chi connectivity index (χ4n) is 1.35. The molecule has 0 aromatic carbocycles. The van der Waals surface area contributed by atoms with Crippen LogP contribution in [-0.4, -0.2) is 15.6 Å². The molecular weight excluding hydrogens is 176 g/mol. The summed E-state index contributed by atoms with van der Waals surface area (Å²) in [5.41, 5.74) is 1.29. The second-order valence-electron chi connectivity index (χ2n) is 4.57. The summed E-state index contributed by atoms with van der Waals surface area (Å²) in [4.78, 5) is 12.0. The Hall–Kier alpha value is -1.12. The van der Waals surface area contributed by atoms with Crippen molar-refractivity contribution < 1.29 is 4.79 Å². The van der Waals surface area contributed by atoms with Crippen LogP contribution in [0.25, 0.3) is 0 Å². The summed E-state index contributed by atoms with van der Waals surface area (Å²) < 4.78 is 1.77. The minimum absolute atomic E-state index is 0.153. The molecule has 1 aromatic heterocycles. The van der Waals surface area contributed by atoms with Gasteiger partial charge in [-0.25, -0.2) is 0 Å². The maximum absolute atomic E-state index is 12.0. The van der Waals surface area contributed by atoms with Crippen molar-refractivity contribution in [3.05, 3.63) is 17.5 Å². The van der Waals surface area contributed by atoms with Crippen molar-refractivity contribution in [2.45, 2.75) is 41.2 Å². The van der Waals surface area contributed by atoms with Crippen molar-refractivity contribution in [2.24, 2.45) is 5.41 Å². The van der Waals surface area contributed by atoms with Crippen LogP contribution in [0.4, 0.5) is 0 Å². The predicted octanol–water partition coefficient (Wildman–Crippen LogP) is 2.44. The van der Waals surface area contributed by atoms with Crippen LogP contribution >= 0.6 is 0 Å². The highest BCUT2D eigenvalue weighted by atomic mass is 16.1. The van der Waals surface area contributed by atoms with E-state index in [2.05, 4.69) is 5.10 Å². The first-order valence-electron chi connectivity index (χ1n) is 4.95. The van der Waals surface area contributed by atoms with Gasteiger partial charge in [0.2, 0.25) is 0 Å². The van der Waals surface area contributed by atoms with Crippen LogP contribution in [-0.2, 0) is 6.54 Å². The van der Waals surface area contributed by atoms with E-state index >= 15 is 0 Å². The van der Waals surface area contributed by atoms with Gasteiger partial charge in [-0.2, -0.15) is 5.10 Å². The molecule has 3 heteroatoms. The Morgan fingerprint density at radius 2 is 2.07 bits per heavy atom. The monoisotopic (exact) mass is 194 g/mol. The molecule has 0 saturated carbocycles. The summed E-state index contributed by atoms with van der Waals surface area (Å²) in [6, 6.07) is 1.86. The lowest BCUT2D eigenvalue weighted by Gasteiger charge is -2.16. The second-order valence-corrected chi connectivity index (χ2v) is 4.57. The Balaban J connectivity index is 3.12. The van der Waals surface area contributed by atoms with E-state index in [4.69, 9.17) is 0 Å². The first-order chi connectivity index (χ1) is 6.36. The van der Waals surface area contributed by atoms with Crippen molar-refractivity contribution in [2.75, 3.05) is 0 Å². The van der Waals surface area contributed by atoms with Gasteiger partial charge in [0.15, 0.2) is 5.78 Å². The zero-order valence-corrected chi connectivity index (χ0v) is 9.59. The van der Waals surface area contributed by atoms with Crippen molar-refractivity contribution in [3.63, 3.8) is 0 Å². The van der Waals surface area contributed by atoms with Gasteiger partial charge in [-0.1, -0.05) is 20.8 Å². The summed E-state index contributed by atoms with van der Waals surface area (Å²) in [5, 5.41) is 4.26. The van der Waals surface area contributed by atoms with E-state index in [0.29, 0.717) is 0 Å². The topological polar surface area (TPSA) is 34.9 Å². The van der Waals surface area contributed by atoms with E-state index in [1.165, 1.54) is 0 Å². The van der Waals surface area contributed by atoms with Crippen LogP contribution < -0.4 is 0 Å². The van der Waals surface area contributed by atoms with Crippen LogP contribution in [0, 0.1) is 12.3 Å². The lowest BCUT2D eigenvalue weighted by molar-refractivity contribution is 0.0846. The molecule has 0 aliphatic carbocycles. The number of carbonyl (C=O) groups excluding carboxylic acids is 1. The minimum Gasteiger partial charge on any atom is -0.292 e. The van der Waals surface area contributed by atoms with Crippen molar-refractivity contribution >= 4 is 5.78 Å². The van der Waals surface area contributed by atoms with Gasteiger partial charge in [-0.15, -0.1) is 0 Å². The maximum Gasteiger partial charge on any atom is 0.186 e. The van der Waals surface area contributed by atoms with Gasteiger partial charge in [-0.05, 0) is 19.9 Å². The molecule has 0 amide bonds. The highest BCUT2D eigenvalue weighted by Gasteiger charge is 2.26. The molecule has 0 fully saturated rings. The zero-order chi connectivity index (χ0) is 10.9. The number of hydrogen-bond acceptors (Lipinski definition) is 2. The Morgan fingerprint density at radius 1 is 1.50 bits per heavy atom. The average molecular weight is 194 g/mol. The smallest absolute Gasteiger partial charge is 0.186 e. The van der Waals surface area contributed by atoms with Gasteiger partial charge in [0.25, 0.3) is 0 Å². The lowest BCUT2D eigenvalue weighted by atomic mass is 9.89. The predicted molar refractivity (Wildman–Crippen MR) is 56.4 cm³/mol. The van der Waals surface area contributed by atoms with E-state index in [1.54, 1.807) is 4.68 Å². The normalized spacial score (nSPS) is 11.8. The largest absolute Gasteiger partial charge is 0.292 e. The van der Waals surface area contributed by atoms with E-state index in [-0.39, 0.29) is 11.2 Å². The summed E-state index contributed by atoms with van der Waals surface area (Å²) >= 11 is 0. The van der Waals surface area contributed by atoms with Gasteiger partial charge in [0.1, 0.15) is 5.69 Å². The Morgan fingerprint density at radius 3 is 2.50 bits per heavy atom. The van der Waals surface area contributed by atoms with E-state index in [0.717, 1.165) is 17.9 Å². The van der Waals surface area contributed by atoms with Crippen molar-refractivity contribution in [3.8, 4) is 0 Å². The number of nitrogens with zero attached hydrogens (tertiary/aromatic N) is 2. The van der Waals surface area contributed by atoms with E-state index in [9.17, 15) is 4.79 Å². The summed E-state index contributed by atoms with van der Waals surface area (Å²) in [6.07, 6.45) is 0. The molecular formula is C11H18N2O. The summed E-state index contributed by atoms with van der Waals surface area (Å²) in [6.45, 7) is 10.4. The van der Waals surface area contributed by atoms with Crippen molar-refractivity contribution in [1.82, 2.24) is 9.78 Å². The molecule has 0 saturated heterocycles. The summed E-state index contributed by atoms with van der Waals surface area (Å²) in [5.74, 6) is 0.153. The second kappa shape index (κ2) is 3.56. The lowest BCUT2D eigenvalue weighted by Crippen LogP contribution is -2.23. The molecule has 0 bridgehead atoms. The maximum atomic E-state index is 12.0. The van der Waals surface area contributed by atoms with Gasteiger partial charge >= 0.3 is 0 Å². The first kappa shape index (κ1) is 11.0. The van der Waals surface area contributed by atoms with Crippen LogP contribution in [0.3, 0.4) is 0 Å². The van der Waals surface area contributed by atoms with Crippen LogP contribution in [0.1, 0.15) is 43.9 Å². The third-order valence-corrected chi connectivity index (χ3v) is 2.12. The zero-order valence-electron chi connectivity index (χ0n) is 9.59. The molecule has 78 valence electrons. The molecule has 1 heterocycles. The minimum atomic E-state index is -0.334. The Kier molecular flexibility index (Phi) is 2.79. The number of ketones is 1. The van der Waals surface area contributed by atoms with Gasteiger partial charge in [0, 0.05) is 12.0 Å². The third kappa shape index (κ3) is 2.03. The number of aryl methyl sites for hydroxylation is 2. The molecule has 0 aliphatic heterocycles. The Bertz CT molecular complexity index is 345. The van der Waals surface area contributed by atoms with Gasteiger partial charge in [0.05, 0.1) is 5.69 Å². The van der Waals surface area contributed by atoms with Gasteiger partial charge in [-0.3, -0.25) is 9.48 Å². The number of Topliss-reactive ketones (excluding diaryl/α,β-unsaturated/α-hetero) is 1. The molecule has 0 aliphatic rings. The number of aromatic nitrogens is 2. The molecule has 3 nitrogen and oxygen atoms in total. The van der Waals surface area contributed by atoms with E-state index in [1.807, 2.05) is 40.7 Å². The molecule has 1 aromatic rings.